The molecule has 1 saturated heterocycles. The van der Waals surface area contributed by atoms with Crippen molar-refractivity contribution in [3.8, 4) is 0 Å². The molecule has 1 fully saturated rings. The quantitative estimate of drug-likeness (QED) is 0.380. The van der Waals surface area contributed by atoms with Crippen molar-refractivity contribution in [3.05, 3.63) is 95.6 Å². The zero-order valence-electron chi connectivity index (χ0n) is 19.5. The molecule has 1 atom stereocenters. The molecule has 0 bridgehead atoms. The van der Waals surface area contributed by atoms with E-state index in [0.717, 1.165) is 43.6 Å². The van der Waals surface area contributed by atoms with Gasteiger partial charge in [-0.2, -0.15) is 13.2 Å². The first-order valence-electron chi connectivity index (χ1n) is 11.7. The molecule has 4 rings (SSSR count). The lowest BCUT2D eigenvalue weighted by atomic mass is 10.1. The molecule has 3 aromatic carbocycles. The fraction of sp³-hybridized carbons (Fsp3) is 0.259. The second kappa shape index (κ2) is 11.3. The van der Waals surface area contributed by atoms with Gasteiger partial charge in [0.25, 0.3) is 5.91 Å². The standard InChI is InChI=1S/C27H27F3N4O2/c28-27(29,30)22-17-21(32-25(35)20-11-5-2-6-12-20)13-14-23(22)33-26(36)31-18-24(34-15-7-8-16-34)19-9-3-1-4-10-19/h1-6,9-14,17,24H,7-8,15-16,18H2,(H,32,35)(H2,31,33,36). The summed E-state index contributed by atoms with van der Waals surface area (Å²) in [7, 11) is 0. The molecule has 36 heavy (non-hydrogen) atoms. The maximum absolute atomic E-state index is 13.8. The highest BCUT2D eigenvalue weighted by Crippen LogP contribution is 2.36. The van der Waals surface area contributed by atoms with Gasteiger partial charge in [-0.1, -0.05) is 48.5 Å². The second-order valence-corrected chi connectivity index (χ2v) is 8.58. The van der Waals surface area contributed by atoms with E-state index in [0.29, 0.717) is 5.56 Å². The zero-order valence-corrected chi connectivity index (χ0v) is 19.5. The van der Waals surface area contributed by atoms with E-state index < -0.39 is 29.4 Å². The van der Waals surface area contributed by atoms with E-state index in [2.05, 4.69) is 20.9 Å². The largest absolute Gasteiger partial charge is 0.418 e. The lowest BCUT2D eigenvalue weighted by Crippen LogP contribution is -2.38. The summed E-state index contributed by atoms with van der Waals surface area (Å²) in [5.41, 5.74) is -0.120. The minimum atomic E-state index is -4.74. The molecule has 0 aliphatic carbocycles. The average Bonchev–Trinajstić information content (AvgIpc) is 3.40. The lowest BCUT2D eigenvalue weighted by molar-refractivity contribution is -0.136. The van der Waals surface area contributed by atoms with Gasteiger partial charge in [0, 0.05) is 17.8 Å². The summed E-state index contributed by atoms with van der Waals surface area (Å²) in [5.74, 6) is -0.531. The number of amides is 3. The van der Waals surface area contributed by atoms with Crippen molar-refractivity contribution in [2.75, 3.05) is 30.3 Å². The fourth-order valence-corrected chi connectivity index (χ4v) is 4.30. The molecule has 1 aliphatic rings. The van der Waals surface area contributed by atoms with Crippen LogP contribution in [0.2, 0.25) is 0 Å². The predicted octanol–water partition coefficient (Wildman–Crippen LogP) is 5.92. The van der Waals surface area contributed by atoms with E-state index in [1.54, 1.807) is 30.3 Å². The summed E-state index contributed by atoms with van der Waals surface area (Å²) in [5, 5.41) is 7.52. The number of hydrogen-bond acceptors (Lipinski definition) is 3. The van der Waals surface area contributed by atoms with Crippen molar-refractivity contribution < 1.29 is 22.8 Å². The highest BCUT2D eigenvalue weighted by atomic mass is 19.4. The Morgan fingerprint density at radius 2 is 1.50 bits per heavy atom. The molecular formula is C27H27F3N4O2. The molecule has 3 N–H and O–H groups in total. The Kier molecular flexibility index (Phi) is 7.90. The lowest BCUT2D eigenvalue weighted by Gasteiger charge is -2.28. The summed E-state index contributed by atoms with van der Waals surface area (Å²) in [6, 6.07) is 20.4. The first-order chi connectivity index (χ1) is 17.3. The van der Waals surface area contributed by atoms with Gasteiger partial charge in [0.05, 0.1) is 17.3 Å². The highest BCUT2D eigenvalue weighted by molar-refractivity contribution is 6.04. The van der Waals surface area contributed by atoms with Crippen LogP contribution in [0.3, 0.4) is 0 Å². The first-order valence-corrected chi connectivity index (χ1v) is 11.7. The van der Waals surface area contributed by atoms with Crippen molar-refractivity contribution >= 4 is 23.3 Å². The zero-order chi connectivity index (χ0) is 25.5. The number of anilines is 2. The number of hydrogen-bond donors (Lipinski definition) is 3. The number of halogens is 3. The van der Waals surface area contributed by atoms with E-state index in [9.17, 15) is 22.8 Å². The summed E-state index contributed by atoms with van der Waals surface area (Å²) < 4.78 is 41.4. The Hall–Kier alpha value is -3.85. The van der Waals surface area contributed by atoms with Crippen molar-refractivity contribution in [2.45, 2.75) is 25.1 Å². The number of likely N-dealkylation sites (tertiary alicyclic amines) is 1. The minimum Gasteiger partial charge on any atom is -0.336 e. The third-order valence-corrected chi connectivity index (χ3v) is 6.09. The van der Waals surface area contributed by atoms with Crippen LogP contribution in [0.15, 0.2) is 78.9 Å². The Balaban J connectivity index is 1.45. The number of carbonyl (C=O) groups is 2. The Morgan fingerprint density at radius 3 is 2.14 bits per heavy atom. The van der Waals surface area contributed by atoms with Crippen LogP contribution >= 0.6 is 0 Å². The van der Waals surface area contributed by atoms with Crippen LogP contribution < -0.4 is 16.0 Å². The van der Waals surface area contributed by atoms with Crippen molar-refractivity contribution in [1.82, 2.24) is 10.2 Å². The van der Waals surface area contributed by atoms with Crippen molar-refractivity contribution in [2.24, 2.45) is 0 Å². The van der Waals surface area contributed by atoms with Gasteiger partial charge in [0.15, 0.2) is 0 Å². The van der Waals surface area contributed by atoms with Crippen LogP contribution in [-0.2, 0) is 6.18 Å². The Morgan fingerprint density at radius 1 is 0.861 bits per heavy atom. The topological polar surface area (TPSA) is 73.5 Å². The van der Waals surface area contributed by atoms with E-state index in [-0.39, 0.29) is 18.3 Å². The summed E-state index contributed by atoms with van der Waals surface area (Å²) in [6.07, 6.45) is -2.60. The van der Waals surface area contributed by atoms with E-state index in [4.69, 9.17) is 0 Å². The number of nitrogens with zero attached hydrogens (tertiary/aromatic N) is 1. The van der Waals surface area contributed by atoms with Gasteiger partial charge >= 0.3 is 12.2 Å². The minimum absolute atomic E-state index is 0.0275. The van der Waals surface area contributed by atoms with Crippen LogP contribution in [0.5, 0.6) is 0 Å². The van der Waals surface area contributed by atoms with Gasteiger partial charge < -0.3 is 16.0 Å². The van der Waals surface area contributed by atoms with Crippen molar-refractivity contribution in [1.29, 1.82) is 0 Å². The molecule has 0 saturated carbocycles. The number of benzene rings is 3. The maximum Gasteiger partial charge on any atom is 0.418 e. The van der Waals surface area contributed by atoms with Crippen LogP contribution in [0.4, 0.5) is 29.3 Å². The number of rotatable bonds is 7. The van der Waals surface area contributed by atoms with Crippen LogP contribution in [0.25, 0.3) is 0 Å². The SMILES string of the molecule is O=C(NCC(c1ccccc1)N1CCCC1)Nc1ccc(NC(=O)c2ccccc2)cc1C(F)(F)F. The summed E-state index contributed by atoms with van der Waals surface area (Å²) >= 11 is 0. The van der Waals surface area contributed by atoms with E-state index >= 15 is 0 Å². The van der Waals surface area contributed by atoms with Gasteiger partial charge in [0.1, 0.15) is 0 Å². The van der Waals surface area contributed by atoms with Gasteiger partial charge in [-0.05, 0) is 61.8 Å². The molecular weight excluding hydrogens is 469 g/mol. The summed E-state index contributed by atoms with van der Waals surface area (Å²) in [4.78, 5) is 27.2. The summed E-state index contributed by atoms with van der Waals surface area (Å²) in [6.45, 7) is 2.05. The molecule has 0 radical (unpaired) electrons. The monoisotopic (exact) mass is 496 g/mol. The Labute approximate surface area is 207 Å². The average molecular weight is 497 g/mol. The molecule has 9 heteroatoms. The first kappa shape index (κ1) is 25.2. The van der Waals surface area contributed by atoms with Crippen LogP contribution in [-0.4, -0.2) is 36.5 Å². The van der Waals surface area contributed by atoms with Crippen LogP contribution in [0, 0.1) is 0 Å². The number of carbonyl (C=O) groups excluding carboxylic acids is 2. The predicted molar refractivity (Wildman–Crippen MR) is 133 cm³/mol. The molecule has 6 nitrogen and oxygen atoms in total. The second-order valence-electron chi connectivity index (χ2n) is 8.58. The van der Waals surface area contributed by atoms with Crippen molar-refractivity contribution in [3.63, 3.8) is 0 Å². The molecule has 1 heterocycles. The van der Waals surface area contributed by atoms with Gasteiger partial charge in [0.2, 0.25) is 0 Å². The number of alkyl halides is 3. The molecule has 1 aliphatic heterocycles. The maximum atomic E-state index is 13.8. The Bertz CT molecular complexity index is 1180. The molecule has 0 spiro atoms. The number of urea groups is 1. The van der Waals surface area contributed by atoms with E-state index in [1.165, 1.54) is 6.07 Å². The molecule has 188 valence electrons. The third-order valence-electron chi connectivity index (χ3n) is 6.09. The molecule has 1 unspecified atom stereocenters. The normalized spacial score (nSPS) is 14.8. The highest BCUT2D eigenvalue weighted by Gasteiger charge is 2.34. The number of nitrogens with one attached hydrogen (secondary N) is 3. The van der Waals surface area contributed by atoms with E-state index in [1.807, 2.05) is 30.3 Å². The van der Waals surface area contributed by atoms with Gasteiger partial charge in [-0.15, -0.1) is 0 Å². The smallest absolute Gasteiger partial charge is 0.336 e. The fourth-order valence-electron chi connectivity index (χ4n) is 4.30. The molecule has 3 amide bonds. The van der Waals surface area contributed by atoms with Gasteiger partial charge in [-0.25, -0.2) is 4.79 Å². The molecule has 0 aromatic heterocycles. The molecule has 3 aromatic rings. The van der Waals surface area contributed by atoms with Crippen LogP contribution in [0.1, 0.15) is 40.4 Å². The van der Waals surface area contributed by atoms with Gasteiger partial charge in [-0.3, -0.25) is 9.69 Å². The third kappa shape index (κ3) is 6.42.